The number of hydrogen-bond donors (Lipinski definition) is 0. The highest BCUT2D eigenvalue weighted by Crippen LogP contribution is 2.19. The van der Waals surface area contributed by atoms with Crippen molar-refractivity contribution in [1.29, 1.82) is 0 Å². The molecule has 2 rings (SSSR count). The topological polar surface area (TPSA) is 35.5 Å². The summed E-state index contributed by atoms with van der Waals surface area (Å²) in [5.74, 6) is 1.40. The lowest BCUT2D eigenvalue weighted by Crippen LogP contribution is -2.12. The van der Waals surface area contributed by atoms with E-state index in [0.29, 0.717) is 17.9 Å². The summed E-state index contributed by atoms with van der Waals surface area (Å²) in [4.78, 5) is 12.1. The summed E-state index contributed by atoms with van der Waals surface area (Å²) >= 11 is 3.36. The third kappa shape index (κ3) is 4.60. The molecule has 0 fully saturated rings. The van der Waals surface area contributed by atoms with E-state index in [1.165, 1.54) is 0 Å². The van der Waals surface area contributed by atoms with E-state index < -0.39 is 0 Å². The summed E-state index contributed by atoms with van der Waals surface area (Å²) in [6, 6.07) is 14.6. The SMILES string of the molecule is CCCOc1ccc(OCC(=O)c2ccccc2Br)cc1. The molecule has 0 aliphatic rings. The Labute approximate surface area is 133 Å². The number of hydrogen-bond acceptors (Lipinski definition) is 3. The van der Waals surface area contributed by atoms with E-state index in [0.717, 1.165) is 16.6 Å². The number of carbonyl (C=O) groups excluding carboxylic acids is 1. The van der Waals surface area contributed by atoms with Crippen molar-refractivity contribution in [2.45, 2.75) is 13.3 Å². The van der Waals surface area contributed by atoms with Crippen LogP contribution in [0.3, 0.4) is 0 Å². The Bertz CT molecular complexity index is 593. The largest absolute Gasteiger partial charge is 0.494 e. The molecule has 0 aromatic heterocycles. The second-order valence-corrected chi connectivity index (χ2v) is 5.37. The van der Waals surface area contributed by atoms with Crippen LogP contribution in [0.5, 0.6) is 11.5 Å². The molecule has 0 unspecified atom stereocenters. The number of ether oxygens (including phenoxy) is 2. The highest BCUT2D eigenvalue weighted by atomic mass is 79.9. The molecule has 2 aromatic rings. The van der Waals surface area contributed by atoms with Crippen LogP contribution in [0.15, 0.2) is 53.0 Å². The molecule has 0 radical (unpaired) electrons. The molecule has 0 spiro atoms. The highest BCUT2D eigenvalue weighted by Gasteiger charge is 2.10. The molecular weight excluding hydrogens is 332 g/mol. The van der Waals surface area contributed by atoms with Crippen LogP contribution in [-0.2, 0) is 0 Å². The molecule has 0 saturated carbocycles. The van der Waals surface area contributed by atoms with Crippen molar-refractivity contribution in [3.8, 4) is 11.5 Å². The number of ketones is 1. The molecule has 0 heterocycles. The molecule has 0 atom stereocenters. The molecule has 110 valence electrons. The average Bonchev–Trinajstić information content (AvgIpc) is 2.52. The first-order valence-electron chi connectivity index (χ1n) is 6.84. The second-order valence-electron chi connectivity index (χ2n) is 4.51. The summed E-state index contributed by atoms with van der Waals surface area (Å²) in [5, 5.41) is 0. The average molecular weight is 349 g/mol. The smallest absolute Gasteiger partial charge is 0.201 e. The molecule has 0 aliphatic carbocycles. The van der Waals surface area contributed by atoms with Gasteiger partial charge in [-0.15, -0.1) is 0 Å². The van der Waals surface area contributed by atoms with Crippen LogP contribution in [-0.4, -0.2) is 19.0 Å². The van der Waals surface area contributed by atoms with Gasteiger partial charge in [-0.2, -0.15) is 0 Å². The number of carbonyl (C=O) groups is 1. The maximum atomic E-state index is 12.1. The lowest BCUT2D eigenvalue weighted by atomic mass is 10.1. The van der Waals surface area contributed by atoms with Gasteiger partial charge in [-0.05, 0) is 36.8 Å². The Balaban J connectivity index is 1.91. The van der Waals surface area contributed by atoms with Gasteiger partial charge in [0, 0.05) is 10.0 Å². The Morgan fingerprint density at radius 2 is 1.62 bits per heavy atom. The molecule has 2 aromatic carbocycles. The third-order valence-electron chi connectivity index (χ3n) is 2.84. The lowest BCUT2D eigenvalue weighted by Gasteiger charge is -2.08. The normalized spacial score (nSPS) is 10.2. The van der Waals surface area contributed by atoms with Crippen LogP contribution in [0.2, 0.25) is 0 Å². The minimum absolute atomic E-state index is 0.0117. The van der Waals surface area contributed by atoms with Gasteiger partial charge in [0.1, 0.15) is 11.5 Å². The minimum atomic E-state index is -0.0613. The van der Waals surface area contributed by atoms with E-state index in [2.05, 4.69) is 22.9 Å². The van der Waals surface area contributed by atoms with Crippen molar-refractivity contribution < 1.29 is 14.3 Å². The molecule has 0 aliphatic heterocycles. The zero-order valence-corrected chi connectivity index (χ0v) is 13.4. The van der Waals surface area contributed by atoms with Crippen LogP contribution in [0, 0.1) is 0 Å². The van der Waals surface area contributed by atoms with E-state index in [9.17, 15) is 4.79 Å². The van der Waals surface area contributed by atoms with Crippen LogP contribution in [0.1, 0.15) is 23.7 Å². The number of halogens is 1. The van der Waals surface area contributed by atoms with Gasteiger partial charge in [0.2, 0.25) is 5.78 Å². The van der Waals surface area contributed by atoms with Crippen LogP contribution in [0.4, 0.5) is 0 Å². The van der Waals surface area contributed by atoms with Crippen molar-refractivity contribution in [2.24, 2.45) is 0 Å². The molecule has 0 N–H and O–H groups in total. The number of benzene rings is 2. The molecule has 21 heavy (non-hydrogen) atoms. The molecular formula is C17H17BrO3. The van der Waals surface area contributed by atoms with Crippen molar-refractivity contribution in [2.75, 3.05) is 13.2 Å². The summed E-state index contributed by atoms with van der Waals surface area (Å²) < 4.78 is 11.8. The molecule has 0 amide bonds. The maximum absolute atomic E-state index is 12.1. The zero-order valence-electron chi connectivity index (χ0n) is 11.8. The van der Waals surface area contributed by atoms with Crippen molar-refractivity contribution in [3.05, 3.63) is 58.6 Å². The quantitative estimate of drug-likeness (QED) is 0.691. The minimum Gasteiger partial charge on any atom is -0.494 e. The molecule has 3 nitrogen and oxygen atoms in total. The summed E-state index contributed by atoms with van der Waals surface area (Å²) in [6.07, 6.45) is 0.971. The Morgan fingerprint density at radius 1 is 1.00 bits per heavy atom. The fourth-order valence-electron chi connectivity index (χ4n) is 1.77. The van der Waals surface area contributed by atoms with E-state index in [1.807, 2.05) is 30.3 Å². The Hall–Kier alpha value is -1.81. The Morgan fingerprint density at radius 3 is 2.24 bits per heavy atom. The summed E-state index contributed by atoms with van der Waals surface area (Å²) in [7, 11) is 0. The fraction of sp³-hybridized carbons (Fsp3) is 0.235. The zero-order chi connectivity index (χ0) is 15.1. The van der Waals surface area contributed by atoms with Gasteiger partial charge >= 0.3 is 0 Å². The third-order valence-corrected chi connectivity index (χ3v) is 3.53. The first kappa shape index (κ1) is 15.6. The van der Waals surface area contributed by atoms with E-state index in [1.54, 1.807) is 18.2 Å². The van der Waals surface area contributed by atoms with Gasteiger partial charge in [-0.3, -0.25) is 4.79 Å². The maximum Gasteiger partial charge on any atom is 0.201 e. The van der Waals surface area contributed by atoms with Gasteiger partial charge < -0.3 is 9.47 Å². The second kappa shape index (κ2) is 7.84. The fourth-order valence-corrected chi connectivity index (χ4v) is 2.27. The van der Waals surface area contributed by atoms with E-state index in [-0.39, 0.29) is 12.4 Å². The molecule has 0 bridgehead atoms. The Kier molecular flexibility index (Phi) is 5.81. The number of rotatable bonds is 7. The van der Waals surface area contributed by atoms with Crippen molar-refractivity contribution in [1.82, 2.24) is 0 Å². The standard InChI is InChI=1S/C17H17BrO3/c1-2-11-20-13-7-9-14(10-8-13)21-12-17(19)15-5-3-4-6-16(15)18/h3-10H,2,11-12H2,1H3. The first-order chi connectivity index (χ1) is 10.2. The predicted molar refractivity (Wildman–Crippen MR) is 86.2 cm³/mol. The van der Waals surface area contributed by atoms with Crippen LogP contribution < -0.4 is 9.47 Å². The predicted octanol–water partition coefficient (Wildman–Crippen LogP) is 4.50. The van der Waals surface area contributed by atoms with Gasteiger partial charge in [0.15, 0.2) is 6.61 Å². The molecule has 4 heteroatoms. The van der Waals surface area contributed by atoms with E-state index in [4.69, 9.17) is 9.47 Å². The summed E-state index contributed by atoms with van der Waals surface area (Å²) in [5.41, 5.74) is 0.625. The van der Waals surface area contributed by atoms with Gasteiger partial charge in [-0.1, -0.05) is 41.1 Å². The summed E-state index contributed by atoms with van der Waals surface area (Å²) in [6.45, 7) is 2.77. The first-order valence-corrected chi connectivity index (χ1v) is 7.63. The van der Waals surface area contributed by atoms with Crippen molar-refractivity contribution in [3.63, 3.8) is 0 Å². The highest BCUT2D eigenvalue weighted by molar-refractivity contribution is 9.10. The molecule has 0 saturated heterocycles. The monoisotopic (exact) mass is 348 g/mol. The lowest BCUT2D eigenvalue weighted by molar-refractivity contribution is 0.0920. The van der Waals surface area contributed by atoms with Gasteiger partial charge in [-0.25, -0.2) is 0 Å². The van der Waals surface area contributed by atoms with Gasteiger partial charge in [0.25, 0.3) is 0 Å². The van der Waals surface area contributed by atoms with Crippen LogP contribution in [0.25, 0.3) is 0 Å². The number of Topliss-reactive ketones (excluding diaryl/α,β-unsaturated/α-hetero) is 1. The van der Waals surface area contributed by atoms with Gasteiger partial charge in [0.05, 0.1) is 6.61 Å². The van der Waals surface area contributed by atoms with E-state index >= 15 is 0 Å². The van der Waals surface area contributed by atoms with Crippen molar-refractivity contribution >= 4 is 21.7 Å². The van der Waals surface area contributed by atoms with Crippen LogP contribution >= 0.6 is 15.9 Å².